The molecule has 1 aliphatic rings. The second-order valence-corrected chi connectivity index (χ2v) is 6.33. The standard InChI is InChI=1S/C15H23ClN2O.ClH/c1-15(2,11-19)14(18-8-6-17-7-9-18)12-4-3-5-13(16)10-12;/h3-5,10,14,17,19H,6-9,11H2,1-2H3;1H/t14-;/m0./s1. The van der Waals surface area contributed by atoms with Crippen LogP contribution in [0.2, 0.25) is 5.02 Å². The van der Waals surface area contributed by atoms with Gasteiger partial charge in [-0.15, -0.1) is 12.4 Å². The lowest BCUT2D eigenvalue weighted by atomic mass is 9.80. The lowest BCUT2D eigenvalue weighted by Crippen LogP contribution is -2.49. The zero-order valence-corrected chi connectivity index (χ0v) is 13.7. The third-order valence-corrected chi connectivity index (χ3v) is 4.06. The first-order valence-corrected chi connectivity index (χ1v) is 7.23. The van der Waals surface area contributed by atoms with E-state index < -0.39 is 0 Å². The molecule has 1 aromatic rings. The number of hydrogen-bond acceptors (Lipinski definition) is 3. The van der Waals surface area contributed by atoms with Crippen LogP contribution in [0.1, 0.15) is 25.5 Å². The van der Waals surface area contributed by atoms with Crippen LogP contribution >= 0.6 is 24.0 Å². The number of piperazine rings is 1. The van der Waals surface area contributed by atoms with Crippen LogP contribution in [-0.4, -0.2) is 42.8 Å². The Morgan fingerprint density at radius 3 is 2.55 bits per heavy atom. The van der Waals surface area contributed by atoms with Gasteiger partial charge in [-0.2, -0.15) is 0 Å². The maximum Gasteiger partial charge on any atom is 0.0500 e. The molecule has 1 fully saturated rings. The quantitative estimate of drug-likeness (QED) is 0.896. The van der Waals surface area contributed by atoms with Gasteiger partial charge >= 0.3 is 0 Å². The maximum absolute atomic E-state index is 9.75. The van der Waals surface area contributed by atoms with Crippen molar-refractivity contribution in [2.75, 3.05) is 32.8 Å². The van der Waals surface area contributed by atoms with Gasteiger partial charge in [-0.1, -0.05) is 37.6 Å². The molecule has 0 spiro atoms. The van der Waals surface area contributed by atoms with Crippen LogP contribution < -0.4 is 5.32 Å². The first kappa shape index (κ1) is 17.7. The summed E-state index contributed by atoms with van der Waals surface area (Å²) in [4.78, 5) is 2.44. The van der Waals surface area contributed by atoms with Gasteiger partial charge < -0.3 is 10.4 Å². The third-order valence-electron chi connectivity index (χ3n) is 3.83. The van der Waals surface area contributed by atoms with Crippen molar-refractivity contribution in [3.63, 3.8) is 0 Å². The Hall–Kier alpha value is -0.320. The largest absolute Gasteiger partial charge is 0.396 e. The highest BCUT2D eigenvalue weighted by Gasteiger charge is 2.35. The van der Waals surface area contributed by atoms with E-state index in [0.29, 0.717) is 0 Å². The summed E-state index contributed by atoms with van der Waals surface area (Å²) in [6, 6.07) is 8.20. The van der Waals surface area contributed by atoms with Crippen molar-refractivity contribution in [1.82, 2.24) is 10.2 Å². The van der Waals surface area contributed by atoms with Crippen molar-refractivity contribution in [3.8, 4) is 0 Å². The second-order valence-electron chi connectivity index (χ2n) is 5.89. The van der Waals surface area contributed by atoms with E-state index >= 15 is 0 Å². The number of aliphatic hydroxyl groups is 1. The minimum absolute atomic E-state index is 0. The second kappa shape index (κ2) is 7.62. The van der Waals surface area contributed by atoms with Crippen LogP contribution in [0.25, 0.3) is 0 Å². The smallest absolute Gasteiger partial charge is 0.0500 e. The van der Waals surface area contributed by atoms with Crippen LogP contribution in [0.4, 0.5) is 0 Å². The molecule has 114 valence electrons. The third kappa shape index (κ3) is 4.09. The van der Waals surface area contributed by atoms with Gasteiger partial charge in [0.15, 0.2) is 0 Å². The van der Waals surface area contributed by atoms with Crippen molar-refractivity contribution < 1.29 is 5.11 Å². The van der Waals surface area contributed by atoms with Crippen LogP contribution in [-0.2, 0) is 0 Å². The summed E-state index contributed by atoms with van der Waals surface area (Å²) >= 11 is 6.13. The molecule has 1 aliphatic heterocycles. The topological polar surface area (TPSA) is 35.5 Å². The van der Waals surface area contributed by atoms with Gasteiger partial charge in [-0.3, -0.25) is 4.90 Å². The van der Waals surface area contributed by atoms with Crippen molar-refractivity contribution in [3.05, 3.63) is 34.9 Å². The van der Waals surface area contributed by atoms with Crippen molar-refractivity contribution >= 4 is 24.0 Å². The number of rotatable bonds is 4. The van der Waals surface area contributed by atoms with Gasteiger partial charge in [0.2, 0.25) is 0 Å². The Kier molecular flexibility index (Phi) is 6.76. The molecule has 2 N–H and O–H groups in total. The predicted octanol–water partition coefficient (Wildman–Crippen LogP) is 2.73. The van der Waals surface area contributed by atoms with Crippen molar-refractivity contribution in [1.29, 1.82) is 0 Å². The Bertz CT molecular complexity index is 420. The van der Waals surface area contributed by atoms with Gasteiger partial charge in [-0.25, -0.2) is 0 Å². The molecule has 2 rings (SSSR count). The highest BCUT2D eigenvalue weighted by molar-refractivity contribution is 6.30. The molecule has 1 aromatic carbocycles. The van der Waals surface area contributed by atoms with E-state index in [2.05, 4.69) is 30.1 Å². The molecule has 0 aliphatic carbocycles. The number of halogens is 2. The average Bonchev–Trinajstić information content (AvgIpc) is 2.40. The van der Waals surface area contributed by atoms with Crippen molar-refractivity contribution in [2.24, 2.45) is 5.41 Å². The Labute approximate surface area is 132 Å². The van der Waals surface area contributed by atoms with E-state index in [-0.39, 0.29) is 30.5 Å². The summed E-state index contributed by atoms with van der Waals surface area (Å²) in [5, 5.41) is 13.9. The molecule has 0 amide bonds. The molecule has 20 heavy (non-hydrogen) atoms. The van der Waals surface area contributed by atoms with Crippen LogP contribution in [0, 0.1) is 5.41 Å². The van der Waals surface area contributed by atoms with Gasteiger partial charge in [0, 0.05) is 49.3 Å². The Balaban J connectivity index is 0.00000200. The number of benzene rings is 1. The van der Waals surface area contributed by atoms with Crippen LogP contribution in [0.15, 0.2) is 24.3 Å². The SMILES string of the molecule is CC(C)(CO)[C@H](c1cccc(Cl)c1)N1CCNCC1.Cl. The van der Waals surface area contributed by atoms with Gasteiger partial charge in [0.1, 0.15) is 0 Å². The highest BCUT2D eigenvalue weighted by atomic mass is 35.5. The maximum atomic E-state index is 9.75. The summed E-state index contributed by atoms with van der Waals surface area (Å²) in [5.41, 5.74) is 0.996. The van der Waals surface area contributed by atoms with Gasteiger partial charge in [-0.05, 0) is 17.7 Å². The minimum atomic E-state index is -0.192. The van der Waals surface area contributed by atoms with Gasteiger partial charge in [0.25, 0.3) is 0 Å². The van der Waals surface area contributed by atoms with Crippen molar-refractivity contribution in [2.45, 2.75) is 19.9 Å². The van der Waals surface area contributed by atoms with E-state index in [9.17, 15) is 5.11 Å². The number of nitrogens with one attached hydrogen (secondary N) is 1. The van der Waals surface area contributed by atoms with Crippen LogP contribution in [0.5, 0.6) is 0 Å². The first-order chi connectivity index (χ1) is 9.04. The molecule has 1 heterocycles. The molecular formula is C15H24Cl2N2O. The summed E-state index contributed by atoms with van der Waals surface area (Å²) in [6.07, 6.45) is 0. The van der Waals surface area contributed by atoms with Crippen LogP contribution in [0.3, 0.4) is 0 Å². The number of hydrogen-bond donors (Lipinski definition) is 2. The normalized spacial score (nSPS) is 18.4. The predicted molar refractivity (Wildman–Crippen MR) is 86.8 cm³/mol. The monoisotopic (exact) mass is 318 g/mol. The highest BCUT2D eigenvalue weighted by Crippen LogP contribution is 2.38. The molecular weight excluding hydrogens is 295 g/mol. The molecule has 0 radical (unpaired) electrons. The fraction of sp³-hybridized carbons (Fsp3) is 0.600. The average molecular weight is 319 g/mol. The molecule has 3 nitrogen and oxygen atoms in total. The summed E-state index contributed by atoms with van der Waals surface area (Å²) in [6.45, 7) is 8.38. The molecule has 5 heteroatoms. The molecule has 0 unspecified atom stereocenters. The molecule has 0 bridgehead atoms. The fourth-order valence-electron chi connectivity index (χ4n) is 2.86. The van der Waals surface area contributed by atoms with E-state index in [4.69, 9.17) is 11.6 Å². The van der Waals surface area contributed by atoms with E-state index in [1.54, 1.807) is 0 Å². The lowest BCUT2D eigenvalue weighted by molar-refractivity contribution is 0.0305. The zero-order chi connectivity index (χ0) is 13.9. The Morgan fingerprint density at radius 1 is 1.35 bits per heavy atom. The molecule has 1 atom stereocenters. The van der Waals surface area contributed by atoms with Gasteiger partial charge in [0.05, 0.1) is 0 Å². The fourth-order valence-corrected chi connectivity index (χ4v) is 3.06. The first-order valence-electron chi connectivity index (χ1n) is 6.86. The molecule has 1 saturated heterocycles. The van der Waals surface area contributed by atoms with E-state index in [1.165, 1.54) is 5.56 Å². The number of nitrogens with zero attached hydrogens (tertiary/aromatic N) is 1. The molecule has 0 aromatic heterocycles. The zero-order valence-electron chi connectivity index (χ0n) is 12.1. The summed E-state index contributed by atoms with van der Waals surface area (Å²) < 4.78 is 0. The number of aliphatic hydroxyl groups excluding tert-OH is 1. The molecule has 0 saturated carbocycles. The Morgan fingerprint density at radius 2 is 2.00 bits per heavy atom. The summed E-state index contributed by atoms with van der Waals surface area (Å²) in [5.74, 6) is 0. The van der Waals surface area contributed by atoms with E-state index in [0.717, 1.165) is 31.2 Å². The lowest BCUT2D eigenvalue weighted by Gasteiger charge is -2.43. The minimum Gasteiger partial charge on any atom is -0.396 e. The van der Waals surface area contributed by atoms with E-state index in [1.807, 2.05) is 18.2 Å². The summed E-state index contributed by atoms with van der Waals surface area (Å²) in [7, 11) is 0.